The fraction of sp³-hybridized carbons (Fsp3) is 0.591. The van der Waals surface area contributed by atoms with Crippen molar-refractivity contribution in [1.82, 2.24) is 38.2 Å². The Kier molecular flexibility index (Phi) is 14.0. The van der Waals surface area contributed by atoms with Crippen LogP contribution in [0.25, 0.3) is 11.3 Å². The van der Waals surface area contributed by atoms with Crippen LogP contribution in [0.2, 0.25) is 10.0 Å². The summed E-state index contributed by atoms with van der Waals surface area (Å²) in [6.45, 7) is 16.0. The molecular formula is C44H59Cl2IN10O2S3. The van der Waals surface area contributed by atoms with Crippen molar-refractivity contribution < 1.29 is 8.42 Å². The molecule has 0 bridgehead atoms. The maximum absolute atomic E-state index is 12.8. The molecule has 0 unspecified atom stereocenters. The Hall–Kier alpha value is -2.06. The summed E-state index contributed by atoms with van der Waals surface area (Å²) in [5.41, 5.74) is 2.32. The second-order valence-electron chi connectivity index (χ2n) is 19.3. The number of benzene rings is 1. The van der Waals surface area contributed by atoms with Crippen molar-refractivity contribution in [2.45, 2.75) is 137 Å². The lowest BCUT2D eigenvalue weighted by atomic mass is 9.74. The van der Waals surface area contributed by atoms with E-state index < -0.39 is 22.0 Å². The molecule has 2 aliphatic carbocycles. The molecule has 62 heavy (non-hydrogen) atoms. The molecule has 2 saturated carbocycles. The highest BCUT2D eigenvalue weighted by Crippen LogP contribution is 2.49. The summed E-state index contributed by atoms with van der Waals surface area (Å²) in [6, 6.07) is 6.31. The summed E-state index contributed by atoms with van der Waals surface area (Å²) in [5.74, 6) is 1.90. The van der Waals surface area contributed by atoms with Crippen molar-refractivity contribution in [3.63, 3.8) is 0 Å². The average molecular weight is 1050 g/mol. The van der Waals surface area contributed by atoms with Gasteiger partial charge in [-0.3, -0.25) is 8.80 Å². The molecule has 4 aromatic heterocycles. The third-order valence-electron chi connectivity index (χ3n) is 13.4. The third kappa shape index (κ3) is 9.59. The van der Waals surface area contributed by atoms with Crippen molar-refractivity contribution >= 4 is 103 Å². The van der Waals surface area contributed by atoms with Gasteiger partial charge in [0.2, 0.25) is 11.9 Å². The van der Waals surface area contributed by atoms with Gasteiger partial charge in [-0.25, -0.2) is 37.8 Å². The molecule has 6 heterocycles. The summed E-state index contributed by atoms with van der Waals surface area (Å²) in [6.07, 6.45) is 22.9. The minimum absolute atomic E-state index is 0.213. The number of imidazole rings is 2. The molecule has 2 N–H and O–H groups in total. The Morgan fingerprint density at radius 2 is 1.18 bits per heavy atom. The van der Waals surface area contributed by atoms with E-state index in [1.165, 1.54) is 37.4 Å². The normalized spacial score (nSPS) is 22.4. The lowest BCUT2D eigenvalue weighted by molar-refractivity contribution is 0.187. The van der Waals surface area contributed by atoms with E-state index in [1.54, 1.807) is 6.07 Å². The molecule has 2 saturated heterocycles. The minimum atomic E-state index is -1.04. The molecule has 18 heteroatoms. The zero-order chi connectivity index (χ0) is 44.0. The quantitative estimate of drug-likeness (QED) is 0.146. The number of piperidine rings is 2. The molecule has 336 valence electrons. The van der Waals surface area contributed by atoms with Crippen molar-refractivity contribution in [3.05, 3.63) is 69.0 Å². The van der Waals surface area contributed by atoms with Gasteiger partial charge in [0.1, 0.15) is 0 Å². The van der Waals surface area contributed by atoms with Crippen LogP contribution in [0.3, 0.4) is 0 Å². The van der Waals surface area contributed by atoms with Crippen molar-refractivity contribution in [2.75, 3.05) is 36.0 Å². The predicted molar refractivity (Wildman–Crippen MR) is 264 cm³/mol. The average Bonchev–Trinajstić information content (AvgIpc) is 4.07. The molecule has 0 amide bonds. The third-order valence-corrected chi connectivity index (χ3v) is 19.4. The number of halogens is 3. The number of rotatable bonds is 8. The van der Waals surface area contributed by atoms with E-state index in [2.05, 4.69) is 60.6 Å². The number of fused-ring (bicyclic) bond motifs is 2. The second kappa shape index (κ2) is 18.7. The molecule has 4 atom stereocenters. The molecule has 2 aliphatic heterocycles. The molecule has 1 aromatic carbocycles. The van der Waals surface area contributed by atoms with Gasteiger partial charge in [0.15, 0.2) is 11.3 Å². The summed E-state index contributed by atoms with van der Waals surface area (Å²) in [4.78, 5) is 25.2. The van der Waals surface area contributed by atoms with Gasteiger partial charge in [-0.1, -0.05) is 53.9 Å². The van der Waals surface area contributed by atoms with Crippen LogP contribution in [-0.4, -0.2) is 84.9 Å². The highest BCUT2D eigenvalue weighted by atomic mass is 127. The number of hydrogen-bond acceptors (Lipinski definition) is 9. The van der Waals surface area contributed by atoms with Crippen molar-refractivity contribution in [3.8, 4) is 0 Å². The molecule has 4 fully saturated rings. The van der Waals surface area contributed by atoms with E-state index in [-0.39, 0.29) is 20.3 Å². The molecular weight excluding hydrogens is 995 g/mol. The lowest BCUT2D eigenvalue weighted by Crippen LogP contribution is -2.51. The zero-order valence-electron chi connectivity index (χ0n) is 36.5. The fourth-order valence-electron chi connectivity index (χ4n) is 9.74. The minimum Gasteiger partial charge on any atom is -0.342 e. The fourth-order valence-corrected chi connectivity index (χ4v) is 13.6. The SMILES string of the molecule is CC(C)(C)[S@@](=O)N[C@@H]1CCCC12CCN(c1ncc(I)c3nccn13)CC2.CC(C)(C)[S@@](=O)N[C@@H]1CCCC12CCN(c1ncc(Sc3cccc(Cl)c3Cl)c3nccn13)CC2. The summed E-state index contributed by atoms with van der Waals surface area (Å²) in [5, 5.41) is 1.08. The maximum Gasteiger partial charge on any atom is 0.211 e. The number of anilines is 2. The highest BCUT2D eigenvalue weighted by molar-refractivity contribution is 14.1. The van der Waals surface area contributed by atoms with Crippen LogP contribution < -0.4 is 19.2 Å². The van der Waals surface area contributed by atoms with E-state index in [4.69, 9.17) is 33.2 Å². The Morgan fingerprint density at radius 3 is 1.69 bits per heavy atom. The molecule has 2 spiro atoms. The van der Waals surface area contributed by atoms with Crippen LogP contribution in [0.15, 0.2) is 65.2 Å². The maximum atomic E-state index is 12.8. The summed E-state index contributed by atoms with van der Waals surface area (Å²) < 4.78 is 37.2. The van der Waals surface area contributed by atoms with Gasteiger partial charge in [-0.15, -0.1) is 0 Å². The number of aromatic nitrogens is 6. The Labute approximate surface area is 399 Å². The van der Waals surface area contributed by atoms with Gasteiger partial charge < -0.3 is 9.80 Å². The van der Waals surface area contributed by atoms with Crippen LogP contribution in [0.5, 0.6) is 0 Å². The first kappa shape index (κ1) is 46.5. The van der Waals surface area contributed by atoms with Crippen LogP contribution in [0, 0.1) is 14.4 Å². The van der Waals surface area contributed by atoms with Crippen LogP contribution >= 0.6 is 57.6 Å². The number of nitrogens with one attached hydrogen (secondary N) is 2. The Bertz CT molecular complexity index is 2440. The molecule has 5 aromatic rings. The van der Waals surface area contributed by atoms with E-state index in [0.717, 1.165) is 101 Å². The van der Waals surface area contributed by atoms with E-state index >= 15 is 0 Å². The Morgan fingerprint density at radius 1 is 0.694 bits per heavy atom. The van der Waals surface area contributed by atoms with Gasteiger partial charge in [0.25, 0.3) is 0 Å². The van der Waals surface area contributed by atoms with Gasteiger partial charge in [-0.05, 0) is 138 Å². The zero-order valence-corrected chi connectivity index (χ0v) is 42.6. The molecule has 12 nitrogen and oxygen atoms in total. The largest absolute Gasteiger partial charge is 0.342 e. The first-order valence-electron chi connectivity index (χ1n) is 21.8. The Balaban J connectivity index is 0.000000176. The predicted octanol–water partition coefficient (Wildman–Crippen LogP) is 9.90. The standard InChI is InChI=1S/C25H31Cl2N5OS2.C19H28IN5OS/c1-24(2,3)35(33)30-20-8-5-9-25(20)10-13-31(14-11-25)23-29-16-19(22-28-12-15-32(22)23)34-18-7-4-6-17(26)21(18)27;1-18(2,3)27(26)23-15-5-4-6-19(15)7-10-24(11-8-19)17-22-13-14(20)16-21-9-12-25(16)17/h4,6-7,12,15-16,20,30H,5,8-11,13-14H2,1-3H3;9,12-13,15,23H,4-8,10-11H2,1-3H3/t20-,35-;15-,27-/m11/s1. The monoisotopic (exact) mass is 1050 g/mol. The van der Waals surface area contributed by atoms with Crippen LogP contribution in [0.4, 0.5) is 11.9 Å². The highest BCUT2D eigenvalue weighted by Gasteiger charge is 2.47. The van der Waals surface area contributed by atoms with Gasteiger partial charge in [0.05, 0.1) is 50.0 Å². The summed E-state index contributed by atoms with van der Waals surface area (Å²) >= 11 is 16.4. The molecule has 0 radical (unpaired) electrons. The molecule has 4 aliphatic rings. The number of hydrogen-bond donors (Lipinski definition) is 2. The van der Waals surface area contributed by atoms with Gasteiger partial charge in [0, 0.05) is 80.3 Å². The lowest BCUT2D eigenvalue weighted by Gasteiger charge is -2.44. The van der Waals surface area contributed by atoms with E-state index in [0.29, 0.717) is 22.1 Å². The molecule has 9 rings (SSSR count). The van der Waals surface area contributed by atoms with Crippen LogP contribution in [-0.2, 0) is 22.0 Å². The van der Waals surface area contributed by atoms with Crippen LogP contribution in [0.1, 0.15) is 106 Å². The first-order valence-corrected chi connectivity index (χ1v) is 26.7. The first-order chi connectivity index (χ1) is 29.5. The van der Waals surface area contributed by atoms with E-state index in [9.17, 15) is 8.42 Å². The second-order valence-corrected chi connectivity index (χ2v) is 26.3. The van der Waals surface area contributed by atoms with Crippen molar-refractivity contribution in [1.29, 1.82) is 0 Å². The summed E-state index contributed by atoms with van der Waals surface area (Å²) in [7, 11) is -2.05. The smallest absolute Gasteiger partial charge is 0.211 e. The van der Waals surface area contributed by atoms with Gasteiger partial charge in [-0.2, -0.15) is 0 Å². The van der Waals surface area contributed by atoms with Gasteiger partial charge >= 0.3 is 0 Å². The number of nitrogens with zero attached hydrogens (tertiary/aromatic N) is 8. The van der Waals surface area contributed by atoms with Crippen molar-refractivity contribution in [2.24, 2.45) is 10.8 Å². The topological polar surface area (TPSA) is 125 Å². The van der Waals surface area contributed by atoms with E-state index in [1.807, 2.05) is 90.9 Å².